The number of ether oxygens (including phenoxy) is 1. The van der Waals surface area contributed by atoms with E-state index in [2.05, 4.69) is 4.74 Å². The number of allylic oxidation sites excluding steroid dienone is 1. The van der Waals surface area contributed by atoms with Gasteiger partial charge in [0.25, 0.3) is 0 Å². The van der Waals surface area contributed by atoms with E-state index in [1.54, 1.807) is 0 Å². The van der Waals surface area contributed by atoms with Gasteiger partial charge in [0.05, 0.1) is 17.2 Å². The molecule has 0 N–H and O–H groups in total. The van der Waals surface area contributed by atoms with Crippen molar-refractivity contribution in [2.24, 2.45) is 0 Å². The van der Waals surface area contributed by atoms with E-state index in [1.165, 1.54) is 19.1 Å². The van der Waals surface area contributed by atoms with Gasteiger partial charge in [0.15, 0.2) is 11.6 Å². The van der Waals surface area contributed by atoms with Crippen LogP contribution in [-0.4, -0.2) is 6.18 Å². The number of hydrogen-bond acceptors (Lipinski definition) is 1. The Kier molecular flexibility index (Phi) is 6.68. The topological polar surface area (TPSA) is 9.23 Å². The first-order valence-electron chi connectivity index (χ1n) is 9.26. The van der Waals surface area contributed by atoms with Gasteiger partial charge in [0, 0.05) is 17.7 Å². The van der Waals surface area contributed by atoms with Crippen LogP contribution in [0.3, 0.4) is 0 Å². The molecule has 0 saturated carbocycles. The molecule has 0 radical (unpaired) electrons. The maximum Gasteiger partial charge on any atom is 0.426 e. The zero-order valence-corrected chi connectivity index (χ0v) is 16.9. The first kappa shape index (κ1) is 25.1. The van der Waals surface area contributed by atoms with Crippen LogP contribution in [0.15, 0.2) is 54.6 Å². The highest BCUT2D eigenvalue weighted by molar-refractivity contribution is 5.65. The van der Waals surface area contributed by atoms with Crippen molar-refractivity contribution >= 4 is 5.83 Å². The standard InChI is InChI=1S/C23H12F10O/c1-11-2-7-15(21(28)20(11)27)12-3-5-13(6-4-12)23(32,33)34-14-8-16(24)19(17(25)9-14)18(26)10-22(29,30)31/h2-10H,1H3/b18-10-. The highest BCUT2D eigenvalue weighted by atomic mass is 19.4. The zero-order chi connectivity index (χ0) is 25.4. The van der Waals surface area contributed by atoms with E-state index < -0.39 is 64.3 Å². The normalized spacial score (nSPS) is 12.7. The molecule has 0 aliphatic carbocycles. The summed E-state index contributed by atoms with van der Waals surface area (Å²) in [5.41, 5.74) is -2.67. The molecule has 0 aliphatic rings. The first-order valence-corrected chi connectivity index (χ1v) is 9.26. The van der Waals surface area contributed by atoms with E-state index in [0.717, 1.165) is 24.3 Å². The monoisotopic (exact) mass is 494 g/mol. The molecule has 0 bridgehead atoms. The van der Waals surface area contributed by atoms with Crippen LogP contribution >= 0.6 is 0 Å². The van der Waals surface area contributed by atoms with Crippen LogP contribution in [0.25, 0.3) is 17.0 Å². The number of benzene rings is 3. The second-order valence-corrected chi connectivity index (χ2v) is 7.05. The summed E-state index contributed by atoms with van der Waals surface area (Å²) in [6, 6.07) is 6.36. The summed E-state index contributed by atoms with van der Waals surface area (Å²) in [6.07, 6.45) is -10.4. The van der Waals surface area contributed by atoms with Crippen molar-refractivity contribution in [3.8, 4) is 16.9 Å². The molecule has 0 heterocycles. The van der Waals surface area contributed by atoms with Gasteiger partial charge in [-0.3, -0.25) is 0 Å². The number of alkyl halides is 5. The smallest absolute Gasteiger partial charge is 0.426 e. The maximum atomic E-state index is 14.5. The zero-order valence-electron chi connectivity index (χ0n) is 16.9. The lowest BCUT2D eigenvalue weighted by Crippen LogP contribution is -2.22. The van der Waals surface area contributed by atoms with Crippen molar-refractivity contribution in [1.82, 2.24) is 0 Å². The second kappa shape index (κ2) is 9.03. The quantitative estimate of drug-likeness (QED) is 0.325. The van der Waals surface area contributed by atoms with E-state index in [0.29, 0.717) is 0 Å². The Hall–Kier alpha value is -3.50. The summed E-state index contributed by atoms with van der Waals surface area (Å²) in [5.74, 6) is -9.54. The lowest BCUT2D eigenvalue weighted by Gasteiger charge is -2.19. The van der Waals surface area contributed by atoms with Gasteiger partial charge < -0.3 is 4.74 Å². The predicted octanol–water partition coefficient (Wildman–Crippen LogP) is 8.22. The molecule has 0 fully saturated rings. The molecule has 34 heavy (non-hydrogen) atoms. The van der Waals surface area contributed by atoms with Crippen LogP contribution in [0.5, 0.6) is 5.75 Å². The van der Waals surface area contributed by atoms with Crippen LogP contribution in [0.2, 0.25) is 0 Å². The van der Waals surface area contributed by atoms with Crippen LogP contribution < -0.4 is 4.74 Å². The third-order valence-electron chi connectivity index (χ3n) is 4.60. The van der Waals surface area contributed by atoms with Gasteiger partial charge in [-0.05, 0) is 30.2 Å². The fourth-order valence-electron chi connectivity index (χ4n) is 2.97. The minimum absolute atomic E-state index is 0.0389. The van der Waals surface area contributed by atoms with Gasteiger partial charge in [0.1, 0.15) is 23.2 Å². The molecule has 0 amide bonds. The number of rotatable bonds is 5. The Morgan fingerprint density at radius 3 is 1.88 bits per heavy atom. The molecule has 3 aromatic rings. The molecular weight excluding hydrogens is 482 g/mol. The first-order chi connectivity index (χ1) is 15.7. The van der Waals surface area contributed by atoms with Gasteiger partial charge in [-0.2, -0.15) is 22.0 Å². The second-order valence-electron chi connectivity index (χ2n) is 7.05. The molecule has 180 valence electrons. The Morgan fingerprint density at radius 2 is 1.35 bits per heavy atom. The third-order valence-corrected chi connectivity index (χ3v) is 4.60. The largest absolute Gasteiger partial charge is 0.429 e. The molecule has 0 unspecified atom stereocenters. The maximum absolute atomic E-state index is 14.5. The summed E-state index contributed by atoms with van der Waals surface area (Å²) in [4.78, 5) is 0. The van der Waals surface area contributed by atoms with E-state index >= 15 is 0 Å². The van der Waals surface area contributed by atoms with Gasteiger partial charge >= 0.3 is 12.3 Å². The molecule has 0 atom stereocenters. The summed E-state index contributed by atoms with van der Waals surface area (Å²) >= 11 is 0. The molecule has 3 rings (SSSR count). The summed E-state index contributed by atoms with van der Waals surface area (Å²) in [5, 5.41) is 0. The van der Waals surface area contributed by atoms with Gasteiger partial charge in [-0.25, -0.2) is 22.0 Å². The fourth-order valence-corrected chi connectivity index (χ4v) is 2.97. The molecular formula is C23H12F10O. The number of hydrogen-bond donors (Lipinski definition) is 0. The van der Waals surface area contributed by atoms with Crippen LogP contribution in [0.1, 0.15) is 16.7 Å². The van der Waals surface area contributed by atoms with Crippen molar-refractivity contribution in [1.29, 1.82) is 0 Å². The highest BCUT2D eigenvalue weighted by Gasteiger charge is 2.35. The summed E-state index contributed by atoms with van der Waals surface area (Å²) in [6.45, 7) is 1.34. The minimum atomic E-state index is -5.22. The molecule has 0 spiro atoms. The Bertz CT molecular complexity index is 1220. The van der Waals surface area contributed by atoms with Gasteiger partial charge in [0.2, 0.25) is 0 Å². The average Bonchev–Trinajstić information content (AvgIpc) is 2.70. The van der Waals surface area contributed by atoms with Crippen LogP contribution in [0.4, 0.5) is 43.9 Å². The Balaban J connectivity index is 1.88. The highest BCUT2D eigenvalue weighted by Crippen LogP contribution is 2.36. The molecule has 0 aliphatic heterocycles. The summed E-state index contributed by atoms with van der Waals surface area (Å²) in [7, 11) is 0. The van der Waals surface area contributed by atoms with Crippen LogP contribution in [0, 0.1) is 30.2 Å². The Morgan fingerprint density at radius 1 is 0.794 bits per heavy atom. The van der Waals surface area contributed by atoms with Gasteiger partial charge in [-0.1, -0.05) is 24.3 Å². The van der Waals surface area contributed by atoms with E-state index in [4.69, 9.17) is 0 Å². The molecule has 11 heteroatoms. The van der Waals surface area contributed by atoms with E-state index in [9.17, 15) is 43.9 Å². The lowest BCUT2D eigenvalue weighted by atomic mass is 10.0. The SMILES string of the molecule is Cc1ccc(-c2ccc(C(F)(F)Oc3cc(F)c(/C(F)=C/C(F)(F)F)c(F)c3)cc2)c(F)c1F. The fraction of sp³-hybridized carbons (Fsp3) is 0.130. The van der Waals surface area contributed by atoms with Crippen molar-refractivity contribution in [3.05, 3.63) is 94.6 Å². The predicted molar refractivity (Wildman–Crippen MR) is 103 cm³/mol. The number of aryl methyl sites for hydroxylation is 1. The summed E-state index contributed by atoms with van der Waals surface area (Å²) < 4.78 is 139. The van der Waals surface area contributed by atoms with Crippen LogP contribution in [-0.2, 0) is 6.11 Å². The van der Waals surface area contributed by atoms with Crippen molar-refractivity contribution in [3.63, 3.8) is 0 Å². The molecule has 1 nitrogen and oxygen atoms in total. The molecule has 3 aromatic carbocycles. The van der Waals surface area contributed by atoms with Crippen molar-refractivity contribution in [2.75, 3.05) is 0 Å². The lowest BCUT2D eigenvalue weighted by molar-refractivity contribution is -0.185. The van der Waals surface area contributed by atoms with E-state index in [1.807, 2.05) is 0 Å². The van der Waals surface area contributed by atoms with Crippen molar-refractivity contribution in [2.45, 2.75) is 19.2 Å². The minimum Gasteiger partial charge on any atom is -0.429 e. The average molecular weight is 494 g/mol. The van der Waals surface area contributed by atoms with Crippen molar-refractivity contribution < 1.29 is 48.6 Å². The molecule has 0 saturated heterocycles. The third kappa shape index (κ3) is 5.35. The van der Waals surface area contributed by atoms with Gasteiger partial charge in [-0.15, -0.1) is 0 Å². The Labute approximate surface area is 185 Å². The number of halogens is 10. The van der Waals surface area contributed by atoms with E-state index in [-0.39, 0.29) is 28.8 Å². The molecule has 0 aromatic heterocycles.